The zero-order valence-corrected chi connectivity index (χ0v) is 16.3. The SMILES string of the molecule is CN1CCC(O[Si](c2ccccc2)c2ccc(C(C)(C)C)cc2)C1. The van der Waals surface area contributed by atoms with E-state index in [4.69, 9.17) is 4.43 Å². The van der Waals surface area contributed by atoms with Crippen LogP contribution in [0.2, 0.25) is 0 Å². The van der Waals surface area contributed by atoms with Gasteiger partial charge in [-0.15, -0.1) is 0 Å². The predicted octanol–water partition coefficient (Wildman–Crippen LogP) is 2.81. The maximum atomic E-state index is 6.64. The third-order valence-corrected chi connectivity index (χ3v) is 6.97. The second-order valence-electron chi connectivity index (χ2n) is 7.81. The van der Waals surface area contributed by atoms with E-state index in [9.17, 15) is 0 Å². The molecule has 2 nitrogen and oxygen atoms in total. The molecule has 1 aliphatic heterocycles. The first-order valence-corrected chi connectivity index (χ1v) is 10.2. The molecule has 0 aliphatic carbocycles. The molecular formula is C21H28NOSi. The van der Waals surface area contributed by atoms with Crippen LogP contribution in [0.3, 0.4) is 0 Å². The maximum absolute atomic E-state index is 6.64. The summed E-state index contributed by atoms with van der Waals surface area (Å²) in [7, 11) is 0.983. The van der Waals surface area contributed by atoms with Crippen molar-refractivity contribution in [1.82, 2.24) is 4.90 Å². The van der Waals surface area contributed by atoms with Gasteiger partial charge < -0.3 is 9.33 Å². The van der Waals surface area contributed by atoms with Gasteiger partial charge in [0, 0.05) is 13.1 Å². The van der Waals surface area contributed by atoms with Gasteiger partial charge in [0.25, 0.3) is 9.04 Å². The van der Waals surface area contributed by atoms with Crippen molar-refractivity contribution in [3.8, 4) is 0 Å². The Labute approximate surface area is 148 Å². The van der Waals surface area contributed by atoms with Gasteiger partial charge in [-0.1, -0.05) is 75.4 Å². The minimum absolute atomic E-state index is 0.188. The molecule has 24 heavy (non-hydrogen) atoms. The van der Waals surface area contributed by atoms with E-state index in [1.807, 2.05) is 0 Å². The van der Waals surface area contributed by atoms with E-state index in [1.54, 1.807) is 0 Å². The average Bonchev–Trinajstić information content (AvgIpc) is 2.98. The minimum Gasteiger partial charge on any atom is -0.403 e. The zero-order valence-electron chi connectivity index (χ0n) is 15.3. The van der Waals surface area contributed by atoms with E-state index < -0.39 is 9.04 Å². The van der Waals surface area contributed by atoms with Gasteiger partial charge in [0.15, 0.2) is 0 Å². The van der Waals surface area contributed by atoms with Crippen LogP contribution in [0.25, 0.3) is 0 Å². The Morgan fingerprint density at radius 3 is 2.12 bits per heavy atom. The lowest BCUT2D eigenvalue weighted by molar-refractivity contribution is 0.216. The fourth-order valence-electron chi connectivity index (χ4n) is 3.17. The molecule has 3 rings (SSSR count). The fourth-order valence-corrected chi connectivity index (χ4v) is 5.27. The highest BCUT2D eigenvalue weighted by atomic mass is 28.3. The lowest BCUT2D eigenvalue weighted by Gasteiger charge is -2.23. The molecule has 127 valence electrons. The molecular weight excluding hydrogens is 310 g/mol. The third-order valence-electron chi connectivity index (χ3n) is 4.68. The van der Waals surface area contributed by atoms with Crippen LogP contribution in [0.1, 0.15) is 32.8 Å². The van der Waals surface area contributed by atoms with E-state index in [0.29, 0.717) is 6.10 Å². The van der Waals surface area contributed by atoms with Crippen molar-refractivity contribution >= 4 is 19.4 Å². The molecule has 0 bridgehead atoms. The molecule has 3 heteroatoms. The van der Waals surface area contributed by atoms with Crippen molar-refractivity contribution in [3.63, 3.8) is 0 Å². The topological polar surface area (TPSA) is 12.5 Å². The highest BCUT2D eigenvalue weighted by molar-refractivity contribution is 6.80. The lowest BCUT2D eigenvalue weighted by atomic mass is 9.87. The number of rotatable bonds is 4. The van der Waals surface area contributed by atoms with Gasteiger partial charge in [-0.05, 0) is 34.8 Å². The molecule has 1 aliphatic rings. The van der Waals surface area contributed by atoms with Crippen molar-refractivity contribution in [1.29, 1.82) is 0 Å². The number of likely N-dealkylation sites (tertiary alicyclic amines) is 1. The summed E-state index contributed by atoms with van der Waals surface area (Å²) in [6.45, 7) is 8.96. The average molecular weight is 339 g/mol. The Hall–Kier alpha value is -1.42. The normalized spacial score (nSPS) is 19.1. The third kappa shape index (κ3) is 4.15. The monoisotopic (exact) mass is 338 g/mol. The van der Waals surface area contributed by atoms with E-state index in [1.165, 1.54) is 15.9 Å². The fraction of sp³-hybridized carbons (Fsp3) is 0.429. The molecule has 1 unspecified atom stereocenters. The molecule has 1 saturated heterocycles. The highest BCUT2D eigenvalue weighted by Gasteiger charge is 2.28. The number of hydrogen-bond acceptors (Lipinski definition) is 2. The second kappa shape index (κ2) is 7.22. The summed E-state index contributed by atoms with van der Waals surface area (Å²) >= 11 is 0. The van der Waals surface area contributed by atoms with Crippen molar-refractivity contribution < 1.29 is 4.43 Å². The molecule has 1 fully saturated rings. The summed E-state index contributed by atoms with van der Waals surface area (Å²) in [6.07, 6.45) is 1.49. The first kappa shape index (κ1) is 17.4. The van der Waals surface area contributed by atoms with Gasteiger partial charge in [-0.2, -0.15) is 0 Å². The Kier molecular flexibility index (Phi) is 5.23. The van der Waals surface area contributed by atoms with Crippen LogP contribution in [-0.2, 0) is 9.84 Å². The minimum atomic E-state index is -1.19. The van der Waals surface area contributed by atoms with Gasteiger partial charge >= 0.3 is 0 Å². The molecule has 1 radical (unpaired) electrons. The van der Waals surface area contributed by atoms with E-state index in [0.717, 1.165) is 19.5 Å². The van der Waals surface area contributed by atoms with Crippen molar-refractivity contribution in [2.24, 2.45) is 0 Å². The maximum Gasteiger partial charge on any atom is 0.283 e. The van der Waals surface area contributed by atoms with Crippen LogP contribution in [0.5, 0.6) is 0 Å². The molecule has 0 saturated carbocycles. The van der Waals surface area contributed by atoms with Crippen molar-refractivity contribution in [2.75, 3.05) is 20.1 Å². The van der Waals surface area contributed by atoms with E-state index >= 15 is 0 Å². The Balaban J connectivity index is 1.87. The number of hydrogen-bond donors (Lipinski definition) is 0. The molecule has 2 aromatic rings. The van der Waals surface area contributed by atoms with E-state index in [-0.39, 0.29) is 5.41 Å². The summed E-state index contributed by atoms with van der Waals surface area (Å²) in [6, 6.07) is 19.8. The predicted molar refractivity (Wildman–Crippen MR) is 104 cm³/mol. The molecule has 0 aromatic heterocycles. The standard InChI is InChI=1S/C21H28NOSi/c1-21(2,3)17-10-12-20(13-11-17)24(19-8-6-5-7-9-19)23-18-14-15-22(4)16-18/h5-13,18H,14-16H2,1-4H3. The molecule has 0 N–H and O–H groups in total. The second-order valence-corrected chi connectivity index (χ2v) is 9.86. The van der Waals surface area contributed by atoms with Crippen molar-refractivity contribution in [2.45, 2.75) is 38.7 Å². The van der Waals surface area contributed by atoms with Crippen LogP contribution < -0.4 is 10.4 Å². The lowest BCUT2D eigenvalue weighted by Crippen LogP contribution is -2.47. The van der Waals surface area contributed by atoms with E-state index in [2.05, 4.69) is 87.3 Å². The van der Waals surface area contributed by atoms with Crippen LogP contribution in [0.15, 0.2) is 54.6 Å². The van der Waals surface area contributed by atoms with Crippen LogP contribution >= 0.6 is 0 Å². The summed E-state index contributed by atoms with van der Waals surface area (Å²) in [5.41, 5.74) is 1.56. The van der Waals surface area contributed by atoms with Gasteiger partial charge in [0.1, 0.15) is 0 Å². The molecule has 1 atom stereocenters. The van der Waals surface area contributed by atoms with Crippen molar-refractivity contribution in [3.05, 3.63) is 60.2 Å². The van der Waals surface area contributed by atoms with Crippen LogP contribution in [-0.4, -0.2) is 40.2 Å². The Morgan fingerprint density at radius 2 is 1.58 bits per heavy atom. The smallest absolute Gasteiger partial charge is 0.283 e. The van der Waals surface area contributed by atoms with Gasteiger partial charge in [0.05, 0.1) is 6.10 Å². The number of likely N-dealkylation sites (N-methyl/N-ethyl adjacent to an activating group) is 1. The van der Waals surface area contributed by atoms with Gasteiger partial charge in [-0.25, -0.2) is 0 Å². The zero-order chi connectivity index (χ0) is 17.2. The Morgan fingerprint density at radius 1 is 0.958 bits per heavy atom. The highest BCUT2D eigenvalue weighted by Crippen LogP contribution is 2.21. The molecule has 1 heterocycles. The number of benzene rings is 2. The summed E-state index contributed by atoms with van der Waals surface area (Å²) in [5, 5.41) is 2.68. The first-order chi connectivity index (χ1) is 11.4. The summed E-state index contributed by atoms with van der Waals surface area (Å²) in [5.74, 6) is 0. The Bertz CT molecular complexity index is 648. The van der Waals surface area contributed by atoms with Crippen LogP contribution in [0, 0.1) is 0 Å². The van der Waals surface area contributed by atoms with Crippen LogP contribution in [0.4, 0.5) is 0 Å². The molecule has 0 amide bonds. The molecule has 0 spiro atoms. The summed E-state index contributed by atoms with van der Waals surface area (Å²) < 4.78 is 6.64. The quantitative estimate of drug-likeness (QED) is 0.795. The number of nitrogens with zero attached hydrogens (tertiary/aromatic N) is 1. The largest absolute Gasteiger partial charge is 0.403 e. The first-order valence-electron chi connectivity index (χ1n) is 8.82. The van der Waals surface area contributed by atoms with Gasteiger partial charge in [0.2, 0.25) is 0 Å². The van der Waals surface area contributed by atoms with Gasteiger partial charge in [-0.3, -0.25) is 0 Å². The molecule has 2 aromatic carbocycles. The summed E-state index contributed by atoms with van der Waals surface area (Å²) in [4.78, 5) is 2.36.